The topological polar surface area (TPSA) is 28.2 Å². The molecular weight excluding hydrogens is 326 g/mol. The average Bonchev–Trinajstić information content (AvgIpc) is 2.53. The van der Waals surface area contributed by atoms with E-state index in [1.165, 1.54) is 11.3 Å². The molecule has 0 radical (unpaired) electrons. The van der Waals surface area contributed by atoms with Crippen LogP contribution in [0.25, 0.3) is 0 Å². The van der Waals surface area contributed by atoms with Crippen molar-refractivity contribution in [3.8, 4) is 0 Å². The van der Waals surface area contributed by atoms with Crippen molar-refractivity contribution in [3.05, 3.63) is 52.6 Å². The van der Waals surface area contributed by atoms with Crippen molar-refractivity contribution in [2.75, 3.05) is 23.3 Å². The normalized spacial score (nSPS) is 16.0. The number of benzene rings is 1. The molecule has 0 atom stereocenters. The Morgan fingerprint density at radius 3 is 2.71 bits per heavy atom. The predicted octanol–water partition coefficient (Wildman–Crippen LogP) is 4.23. The molecule has 3 nitrogen and oxygen atoms in total. The van der Waals surface area contributed by atoms with Gasteiger partial charge in [-0.15, -0.1) is 0 Å². The molecule has 0 amide bonds. The van der Waals surface area contributed by atoms with E-state index in [1.54, 1.807) is 0 Å². The van der Waals surface area contributed by atoms with E-state index >= 15 is 0 Å². The van der Waals surface area contributed by atoms with E-state index in [1.807, 2.05) is 12.3 Å². The number of nitrogens with one attached hydrogen (secondary N) is 1. The molecule has 1 aromatic heterocycles. The van der Waals surface area contributed by atoms with Gasteiger partial charge in [0.15, 0.2) is 0 Å². The van der Waals surface area contributed by atoms with Gasteiger partial charge >= 0.3 is 0 Å². The van der Waals surface area contributed by atoms with Crippen LogP contribution in [0.4, 0.5) is 11.5 Å². The molecule has 1 aliphatic rings. The van der Waals surface area contributed by atoms with Gasteiger partial charge in [0.05, 0.1) is 0 Å². The third kappa shape index (κ3) is 3.56. The third-order valence-electron chi connectivity index (χ3n) is 4.03. The zero-order valence-corrected chi connectivity index (χ0v) is 13.8. The summed E-state index contributed by atoms with van der Waals surface area (Å²) in [5, 5.41) is 3.68. The molecule has 4 heteroatoms. The first kappa shape index (κ1) is 14.4. The van der Waals surface area contributed by atoms with Crippen molar-refractivity contribution in [1.82, 2.24) is 4.98 Å². The minimum absolute atomic E-state index is 0.540. The third-order valence-corrected chi connectivity index (χ3v) is 4.52. The highest BCUT2D eigenvalue weighted by Crippen LogP contribution is 2.24. The Balaban J connectivity index is 1.60. The van der Waals surface area contributed by atoms with Gasteiger partial charge in [0.1, 0.15) is 5.82 Å². The van der Waals surface area contributed by atoms with Crippen molar-refractivity contribution >= 4 is 27.4 Å². The predicted molar refractivity (Wildman–Crippen MR) is 92.0 cm³/mol. The van der Waals surface area contributed by atoms with Gasteiger partial charge in [0.25, 0.3) is 0 Å². The van der Waals surface area contributed by atoms with Crippen LogP contribution in [0, 0.1) is 6.92 Å². The van der Waals surface area contributed by atoms with Crippen LogP contribution in [0.15, 0.2) is 47.1 Å². The van der Waals surface area contributed by atoms with Gasteiger partial charge in [-0.1, -0.05) is 28.1 Å². The maximum atomic E-state index is 4.44. The van der Waals surface area contributed by atoms with Gasteiger partial charge in [-0.25, -0.2) is 4.98 Å². The fourth-order valence-corrected chi connectivity index (χ4v) is 3.12. The Bertz CT molecular complexity index is 592. The van der Waals surface area contributed by atoms with Crippen LogP contribution in [0.1, 0.15) is 18.4 Å². The average molecular weight is 346 g/mol. The lowest BCUT2D eigenvalue weighted by Crippen LogP contribution is -2.39. The molecule has 1 N–H and O–H groups in total. The minimum Gasteiger partial charge on any atom is -0.382 e. The van der Waals surface area contributed by atoms with E-state index in [0.717, 1.165) is 36.2 Å². The summed E-state index contributed by atoms with van der Waals surface area (Å²) < 4.78 is 1.13. The molecule has 0 bridgehead atoms. The molecule has 1 aliphatic heterocycles. The quantitative estimate of drug-likeness (QED) is 0.901. The lowest BCUT2D eigenvalue weighted by molar-refractivity contribution is 0.523. The minimum atomic E-state index is 0.540. The zero-order valence-electron chi connectivity index (χ0n) is 12.2. The maximum absolute atomic E-state index is 4.44. The number of aromatic nitrogens is 1. The molecule has 3 rings (SSSR count). The van der Waals surface area contributed by atoms with Gasteiger partial charge in [-0.3, -0.25) is 0 Å². The van der Waals surface area contributed by atoms with Crippen LogP contribution >= 0.6 is 15.9 Å². The first-order valence-electron chi connectivity index (χ1n) is 7.41. The van der Waals surface area contributed by atoms with Crippen molar-refractivity contribution in [2.24, 2.45) is 0 Å². The number of aryl methyl sites for hydroxylation is 1. The highest BCUT2D eigenvalue weighted by molar-refractivity contribution is 9.10. The SMILES string of the molecule is Cc1ccc(Br)cc1NC1CCN(c2ccccn2)CC1. The Labute approximate surface area is 134 Å². The Hall–Kier alpha value is -1.55. The van der Waals surface area contributed by atoms with Gasteiger partial charge < -0.3 is 10.2 Å². The second-order valence-corrected chi connectivity index (χ2v) is 6.47. The zero-order chi connectivity index (χ0) is 14.7. The summed E-state index contributed by atoms with van der Waals surface area (Å²) in [6.07, 6.45) is 4.15. The monoisotopic (exact) mass is 345 g/mol. The van der Waals surface area contributed by atoms with Crippen molar-refractivity contribution in [2.45, 2.75) is 25.8 Å². The number of hydrogen-bond acceptors (Lipinski definition) is 3. The molecule has 1 aromatic carbocycles. The summed E-state index contributed by atoms with van der Waals surface area (Å²) in [5.74, 6) is 1.09. The number of piperidine rings is 1. The second kappa shape index (κ2) is 6.48. The van der Waals surface area contributed by atoms with Crippen LogP contribution in [0.2, 0.25) is 0 Å². The van der Waals surface area contributed by atoms with E-state index < -0.39 is 0 Å². The van der Waals surface area contributed by atoms with E-state index in [9.17, 15) is 0 Å². The van der Waals surface area contributed by atoms with Crippen LogP contribution in [-0.2, 0) is 0 Å². The molecule has 0 saturated carbocycles. The largest absolute Gasteiger partial charge is 0.382 e. The fraction of sp³-hybridized carbons (Fsp3) is 0.353. The lowest BCUT2D eigenvalue weighted by Gasteiger charge is -2.34. The summed E-state index contributed by atoms with van der Waals surface area (Å²) >= 11 is 3.54. The van der Waals surface area contributed by atoms with Crippen LogP contribution in [0.5, 0.6) is 0 Å². The van der Waals surface area contributed by atoms with Gasteiger partial charge in [-0.2, -0.15) is 0 Å². The Morgan fingerprint density at radius 1 is 1.19 bits per heavy atom. The molecule has 2 aromatic rings. The van der Waals surface area contributed by atoms with Crippen molar-refractivity contribution < 1.29 is 0 Å². The first-order chi connectivity index (χ1) is 10.2. The number of halogens is 1. The van der Waals surface area contributed by atoms with E-state index in [-0.39, 0.29) is 0 Å². The highest BCUT2D eigenvalue weighted by Gasteiger charge is 2.20. The summed E-state index contributed by atoms with van der Waals surface area (Å²) in [6, 6.07) is 13.1. The number of nitrogens with zero attached hydrogens (tertiary/aromatic N) is 2. The van der Waals surface area contributed by atoms with E-state index in [0.29, 0.717) is 6.04 Å². The summed E-state index contributed by atoms with van der Waals surface area (Å²) in [7, 11) is 0. The van der Waals surface area contributed by atoms with E-state index in [2.05, 4.69) is 68.4 Å². The fourth-order valence-electron chi connectivity index (χ4n) is 2.76. The molecule has 110 valence electrons. The lowest BCUT2D eigenvalue weighted by atomic mass is 10.0. The van der Waals surface area contributed by atoms with Crippen LogP contribution in [0.3, 0.4) is 0 Å². The Kier molecular flexibility index (Phi) is 4.44. The maximum Gasteiger partial charge on any atom is 0.128 e. The van der Waals surface area contributed by atoms with Gasteiger partial charge in [0.2, 0.25) is 0 Å². The summed E-state index contributed by atoms with van der Waals surface area (Å²) in [4.78, 5) is 6.80. The molecule has 0 unspecified atom stereocenters. The van der Waals surface area contributed by atoms with Gasteiger partial charge in [-0.05, 0) is 49.6 Å². The molecular formula is C17H20BrN3. The molecule has 21 heavy (non-hydrogen) atoms. The van der Waals surface area contributed by atoms with Crippen LogP contribution in [-0.4, -0.2) is 24.1 Å². The number of rotatable bonds is 3. The number of anilines is 2. The molecule has 2 heterocycles. The van der Waals surface area contributed by atoms with Crippen molar-refractivity contribution in [3.63, 3.8) is 0 Å². The molecule has 1 saturated heterocycles. The number of pyridine rings is 1. The second-order valence-electron chi connectivity index (χ2n) is 5.55. The van der Waals surface area contributed by atoms with Crippen molar-refractivity contribution in [1.29, 1.82) is 0 Å². The Morgan fingerprint density at radius 2 is 2.00 bits per heavy atom. The highest BCUT2D eigenvalue weighted by atomic mass is 79.9. The van der Waals surface area contributed by atoms with E-state index in [4.69, 9.17) is 0 Å². The smallest absolute Gasteiger partial charge is 0.128 e. The first-order valence-corrected chi connectivity index (χ1v) is 8.20. The van der Waals surface area contributed by atoms with Gasteiger partial charge in [0, 0.05) is 35.5 Å². The van der Waals surface area contributed by atoms with Crippen LogP contribution < -0.4 is 10.2 Å². The molecule has 1 fully saturated rings. The molecule has 0 spiro atoms. The number of hydrogen-bond donors (Lipinski definition) is 1. The standard InChI is InChI=1S/C17H20BrN3/c1-13-5-6-14(18)12-16(13)20-15-7-10-21(11-8-15)17-4-2-3-9-19-17/h2-6,9,12,15,20H,7-8,10-11H2,1H3. The molecule has 0 aliphatic carbocycles. The summed E-state index contributed by atoms with van der Waals surface area (Å²) in [6.45, 7) is 4.27. The summed E-state index contributed by atoms with van der Waals surface area (Å²) in [5.41, 5.74) is 2.53.